The summed E-state index contributed by atoms with van der Waals surface area (Å²) in [5, 5.41) is 0. The van der Waals surface area contributed by atoms with E-state index in [2.05, 4.69) is 308 Å². The van der Waals surface area contributed by atoms with Crippen LogP contribution in [-0.4, -0.2) is 15.0 Å². The molecule has 5 nitrogen and oxygen atoms in total. The highest BCUT2D eigenvalue weighted by Crippen LogP contribution is 2.65. The molecule has 0 bridgehead atoms. The lowest BCUT2D eigenvalue weighted by atomic mass is 9.70. The number of rotatable bonds is 8. The minimum Gasteiger partial charge on any atom is -0.436 e. The molecule has 94 heavy (non-hydrogen) atoms. The maximum Gasteiger partial charge on any atom is 0.227 e. The van der Waals surface area contributed by atoms with E-state index in [-0.39, 0.29) is 0 Å². The Balaban J connectivity index is 0.795. The number of para-hydroxylation sites is 3. The molecular formula is C89H54N4O. The average Bonchev–Trinajstić information content (AvgIpc) is 1.53. The third kappa shape index (κ3) is 7.37. The molecule has 0 unspecified atom stereocenters. The molecule has 14 aromatic carbocycles. The summed E-state index contributed by atoms with van der Waals surface area (Å²) in [6.07, 6.45) is 0. The van der Waals surface area contributed by atoms with E-state index in [0.717, 1.165) is 89.5 Å². The van der Waals surface area contributed by atoms with E-state index in [1.54, 1.807) is 0 Å². The minimum atomic E-state index is -0.530. The molecule has 5 heteroatoms. The molecule has 2 heterocycles. The number of anilines is 3. The highest BCUT2D eigenvalue weighted by atomic mass is 16.3. The molecule has 4 aliphatic carbocycles. The van der Waals surface area contributed by atoms with E-state index in [1.807, 2.05) is 24.3 Å². The first-order chi connectivity index (χ1) is 46.6. The summed E-state index contributed by atoms with van der Waals surface area (Å²) in [5.74, 6) is 0.593. The normalized spacial score (nSPS) is 13.5. The van der Waals surface area contributed by atoms with Crippen molar-refractivity contribution in [2.75, 3.05) is 4.90 Å². The summed E-state index contributed by atoms with van der Waals surface area (Å²) in [6, 6.07) is 120. The van der Waals surface area contributed by atoms with Gasteiger partial charge in [-0.3, -0.25) is 0 Å². The van der Waals surface area contributed by atoms with Gasteiger partial charge in [-0.25, -0.2) is 15.0 Å². The van der Waals surface area contributed by atoms with Gasteiger partial charge in [-0.1, -0.05) is 243 Å². The van der Waals surface area contributed by atoms with Gasteiger partial charge in [-0.05, 0) is 196 Å². The summed E-state index contributed by atoms with van der Waals surface area (Å²) >= 11 is 0. The molecule has 0 saturated carbocycles. The van der Waals surface area contributed by atoms with Crippen LogP contribution in [0.3, 0.4) is 0 Å². The van der Waals surface area contributed by atoms with Gasteiger partial charge in [0.1, 0.15) is 5.52 Å². The summed E-state index contributed by atoms with van der Waals surface area (Å²) in [6.45, 7) is 0. The average molecular weight is 1200 g/mol. The Morgan fingerprint density at radius 1 is 0.223 bits per heavy atom. The van der Waals surface area contributed by atoms with Crippen LogP contribution in [0.15, 0.2) is 332 Å². The molecule has 0 amide bonds. The number of oxazole rings is 1. The van der Waals surface area contributed by atoms with Gasteiger partial charge in [0.2, 0.25) is 5.89 Å². The Kier molecular flexibility index (Phi) is 11.2. The Morgan fingerprint density at radius 3 is 0.979 bits per heavy atom. The second-order valence-electron chi connectivity index (χ2n) is 25.2. The molecular weight excluding hydrogens is 1140 g/mol. The fourth-order valence-electron chi connectivity index (χ4n) is 16.6. The van der Waals surface area contributed by atoms with Gasteiger partial charge >= 0.3 is 0 Å². The Hall–Kier alpha value is -12.3. The summed E-state index contributed by atoms with van der Waals surface area (Å²) < 4.78 is 6.19. The highest BCUT2D eigenvalue weighted by Gasteiger charge is 2.53. The second kappa shape index (κ2) is 20.1. The van der Waals surface area contributed by atoms with Gasteiger partial charge < -0.3 is 9.32 Å². The first-order valence-corrected chi connectivity index (χ1v) is 32.3. The van der Waals surface area contributed by atoms with Crippen LogP contribution < -0.4 is 4.90 Å². The van der Waals surface area contributed by atoms with Crippen LogP contribution in [0, 0.1) is 0 Å². The molecule has 20 rings (SSSR count). The second-order valence-corrected chi connectivity index (χ2v) is 25.2. The molecule has 0 N–H and O–H groups in total. The van der Waals surface area contributed by atoms with Crippen LogP contribution in [0.5, 0.6) is 0 Å². The van der Waals surface area contributed by atoms with E-state index < -0.39 is 10.8 Å². The van der Waals surface area contributed by atoms with Crippen molar-refractivity contribution in [3.63, 3.8) is 0 Å². The number of aromatic nitrogens is 3. The molecule has 436 valence electrons. The lowest BCUT2D eigenvalue weighted by Gasteiger charge is -2.31. The molecule has 0 atom stereocenters. The van der Waals surface area contributed by atoms with Crippen molar-refractivity contribution in [3.05, 3.63) is 372 Å². The topological polar surface area (TPSA) is 55.1 Å². The highest BCUT2D eigenvalue weighted by molar-refractivity contribution is 6.02. The van der Waals surface area contributed by atoms with Gasteiger partial charge in [-0.15, -0.1) is 0 Å². The molecule has 2 aromatic heterocycles. The Labute approximate surface area is 543 Å². The van der Waals surface area contributed by atoms with Crippen LogP contribution in [0.1, 0.15) is 44.5 Å². The van der Waals surface area contributed by atoms with Gasteiger partial charge in [0.15, 0.2) is 5.58 Å². The van der Waals surface area contributed by atoms with Gasteiger partial charge in [0, 0.05) is 33.8 Å². The summed E-state index contributed by atoms with van der Waals surface area (Å²) in [7, 11) is 0. The molecule has 0 aliphatic heterocycles. The smallest absolute Gasteiger partial charge is 0.227 e. The zero-order chi connectivity index (χ0) is 61.6. The van der Waals surface area contributed by atoms with Crippen LogP contribution >= 0.6 is 0 Å². The lowest BCUT2D eigenvalue weighted by Crippen LogP contribution is -2.25. The first-order valence-electron chi connectivity index (χ1n) is 32.3. The third-order valence-electron chi connectivity index (χ3n) is 20.5. The molecule has 0 radical (unpaired) electrons. The number of hydrogen-bond acceptors (Lipinski definition) is 5. The fraction of sp³-hybridized carbons (Fsp3) is 0.0225. The van der Waals surface area contributed by atoms with Crippen LogP contribution in [0.25, 0.3) is 123 Å². The number of hydrogen-bond donors (Lipinski definition) is 0. The third-order valence-corrected chi connectivity index (χ3v) is 20.5. The quantitative estimate of drug-likeness (QED) is 0.152. The molecule has 4 aliphatic rings. The maximum absolute atomic E-state index is 6.19. The van der Waals surface area contributed by atoms with E-state index in [4.69, 9.17) is 19.4 Å². The number of benzene rings is 14. The van der Waals surface area contributed by atoms with Gasteiger partial charge in [0.05, 0.1) is 33.3 Å². The van der Waals surface area contributed by atoms with E-state index in [1.165, 1.54) is 89.0 Å². The molecule has 2 spiro atoms. The van der Waals surface area contributed by atoms with Crippen molar-refractivity contribution in [1.82, 2.24) is 15.0 Å². The monoisotopic (exact) mass is 1190 g/mol. The fourth-order valence-corrected chi connectivity index (χ4v) is 16.6. The first kappa shape index (κ1) is 52.5. The lowest BCUT2D eigenvalue weighted by molar-refractivity contribution is 0.620. The standard InChI is InChI=1S/C89H54N4O/c1-3-21-55(22-4-1)85-86(56-39-45-61(46-40-56)93(60-23-5-2-6-24-60)62-47-41-57(42-48-62)87-92-81-37-19-20-38-84(81)94-87)91-83-54-72(59-44-50-70-68-30-12-18-36-78(68)89(80(70)52-59)75-33-15-9-27-65(75)66-28-10-16-34-76(66)89)71(53-82(83)90-85)58-43-49-69-67-29-11-17-35-77(67)88(79(69)51-58)73-31-13-7-25-63(73)64-26-8-14-32-74(64)88/h1-54H. The van der Waals surface area contributed by atoms with Gasteiger partial charge in [0.25, 0.3) is 0 Å². The van der Waals surface area contributed by atoms with Gasteiger partial charge in [-0.2, -0.15) is 0 Å². The van der Waals surface area contributed by atoms with Crippen molar-refractivity contribution in [1.29, 1.82) is 0 Å². The van der Waals surface area contributed by atoms with E-state index in [9.17, 15) is 0 Å². The predicted molar refractivity (Wildman–Crippen MR) is 382 cm³/mol. The summed E-state index contributed by atoms with van der Waals surface area (Å²) in [4.78, 5) is 18.7. The predicted octanol–water partition coefficient (Wildman–Crippen LogP) is 22.3. The van der Waals surface area contributed by atoms with Crippen LogP contribution in [0.4, 0.5) is 17.1 Å². The van der Waals surface area contributed by atoms with Crippen LogP contribution in [-0.2, 0) is 10.8 Å². The van der Waals surface area contributed by atoms with Crippen molar-refractivity contribution < 1.29 is 4.42 Å². The van der Waals surface area contributed by atoms with Crippen LogP contribution in [0.2, 0.25) is 0 Å². The van der Waals surface area contributed by atoms with E-state index >= 15 is 0 Å². The molecule has 0 fully saturated rings. The van der Waals surface area contributed by atoms with Crippen molar-refractivity contribution in [3.8, 4) is 101 Å². The maximum atomic E-state index is 6.19. The van der Waals surface area contributed by atoms with E-state index in [0.29, 0.717) is 5.89 Å². The Morgan fingerprint density at radius 2 is 0.553 bits per heavy atom. The van der Waals surface area contributed by atoms with Crippen molar-refractivity contribution in [2.45, 2.75) is 10.8 Å². The molecule has 16 aromatic rings. The largest absolute Gasteiger partial charge is 0.436 e. The summed E-state index contributed by atoms with van der Waals surface area (Å²) in [5.41, 5.74) is 34.7. The minimum absolute atomic E-state index is 0.525. The number of nitrogens with zero attached hydrogens (tertiary/aromatic N) is 4. The van der Waals surface area contributed by atoms with Crippen molar-refractivity contribution >= 4 is 39.2 Å². The Bertz CT molecular complexity index is 5650. The SMILES string of the molecule is c1ccc(-c2nc3cc(-c4ccc5c(c4)C4(c6ccccc6-c6ccccc64)c4ccccc4-5)c(-c4ccc5c(c4)C4(c6ccccc6-c6ccccc64)c4ccccc4-5)cc3nc2-c2ccc(N(c3ccccc3)c3ccc(-c4nc5ccccc5o4)cc3)cc2)cc1. The molecule has 0 saturated heterocycles. The zero-order valence-electron chi connectivity index (χ0n) is 50.9. The number of fused-ring (bicyclic) bond motifs is 22. The zero-order valence-corrected chi connectivity index (χ0v) is 50.9. The van der Waals surface area contributed by atoms with Crippen molar-refractivity contribution in [2.24, 2.45) is 0 Å².